The van der Waals surface area contributed by atoms with Crippen molar-refractivity contribution in [2.24, 2.45) is 11.3 Å². The summed E-state index contributed by atoms with van der Waals surface area (Å²) in [5.74, 6) is 0.656. The van der Waals surface area contributed by atoms with Crippen LogP contribution in [-0.2, 0) is 12.8 Å². The van der Waals surface area contributed by atoms with E-state index in [1.54, 1.807) is 0 Å². The third-order valence-electron chi connectivity index (χ3n) is 4.91. The summed E-state index contributed by atoms with van der Waals surface area (Å²) in [6.45, 7) is 6.94. The van der Waals surface area contributed by atoms with Crippen LogP contribution in [0.1, 0.15) is 43.3 Å². The number of nitrogens with zero attached hydrogens (tertiary/aromatic N) is 2. The molecule has 0 fully saturated rings. The van der Waals surface area contributed by atoms with Gasteiger partial charge in [-0.2, -0.15) is 5.26 Å². The predicted molar refractivity (Wildman–Crippen MR) is 83.7 cm³/mol. The van der Waals surface area contributed by atoms with Gasteiger partial charge in [0, 0.05) is 11.1 Å². The topological polar surface area (TPSA) is 62.7 Å². The number of hydrogen-bond donors (Lipinski definition) is 1. The second-order valence-corrected chi connectivity index (χ2v) is 7.35. The fraction of sp³-hybridized carbons (Fsp3) is 0.500. The SMILES string of the molecule is CCC(C)(C)C1Cc2cc3c(N)c(C#N)sc3nc2C1. The third kappa shape index (κ3) is 1.89. The summed E-state index contributed by atoms with van der Waals surface area (Å²) in [5, 5.41) is 10.0. The first kappa shape index (κ1) is 13.4. The molecule has 1 unspecified atom stereocenters. The Morgan fingerprint density at radius 2 is 2.25 bits per heavy atom. The summed E-state index contributed by atoms with van der Waals surface area (Å²) in [7, 11) is 0. The van der Waals surface area contributed by atoms with Crippen molar-refractivity contribution in [3.8, 4) is 6.07 Å². The summed E-state index contributed by atoms with van der Waals surface area (Å²) >= 11 is 1.41. The minimum Gasteiger partial charge on any atom is -0.396 e. The Kier molecular flexibility index (Phi) is 2.98. The van der Waals surface area contributed by atoms with Gasteiger partial charge in [-0.1, -0.05) is 27.2 Å². The predicted octanol–water partition coefficient (Wildman–Crippen LogP) is 3.90. The van der Waals surface area contributed by atoms with Crippen molar-refractivity contribution in [2.45, 2.75) is 40.0 Å². The van der Waals surface area contributed by atoms with E-state index in [1.807, 2.05) is 0 Å². The quantitative estimate of drug-likeness (QED) is 0.910. The van der Waals surface area contributed by atoms with Crippen LogP contribution in [0.5, 0.6) is 0 Å². The molecule has 1 atom stereocenters. The van der Waals surface area contributed by atoms with E-state index in [2.05, 4.69) is 32.9 Å². The molecule has 0 bridgehead atoms. The Labute approximate surface area is 123 Å². The van der Waals surface area contributed by atoms with Crippen molar-refractivity contribution in [3.63, 3.8) is 0 Å². The van der Waals surface area contributed by atoms with E-state index < -0.39 is 0 Å². The van der Waals surface area contributed by atoms with Crippen molar-refractivity contribution in [3.05, 3.63) is 22.2 Å². The number of nitriles is 1. The molecular formula is C16H19N3S. The molecule has 0 radical (unpaired) electrons. The number of aromatic nitrogens is 1. The van der Waals surface area contributed by atoms with Gasteiger partial charge in [-0.05, 0) is 35.8 Å². The average Bonchev–Trinajstić information content (AvgIpc) is 2.98. The first-order valence-electron chi connectivity index (χ1n) is 7.07. The highest BCUT2D eigenvalue weighted by atomic mass is 32.1. The number of hydrogen-bond acceptors (Lipinski definition) is 4. The molecule has 0 aliphatic heterocycles. The van der Waals surface area contributed by atoms with Crippen LogP contribution in [0.15, 0.2) is 6.07 Å². The van der Waals surface area contributed by atoms with Crippen LogP contribution in [0.25, 0.3) is 10.2 Å². The number of nitrogens with two attached hydrogens (primary N) is 1. The summed E-state index contributed by atoms with van der Waals surface area (Å²) in [5.41, 5.74) is 9.50. The lowest BCUT2D eigenvalue weighted by molar-refractivity contribution is 0.211. The maximum Gasteiger partial charge on any atom is 0.130 e. The average molecular weight is 285 g/mol. The van der Waals surface area contributed by atoms with Gasteiger partial charge in [0.05, 0.1) is 5.69 Å². The fourth-order valence-corrected chi connectivity index (χ4v) is 3.86. The maximum atomic E-state index is 9.06. The fourth-order valence-electron chi connectivity index (χ4n) is 2.97. The minimum absolute atomic E-state index is 0.345. The van der Waals surface area contributed by atoms with Crippen LogP contribution in [0.2, 0.25) is 0 Å². The highest BCUT2D eigenvalue weighted by Crippen LogP contribution is 2.42. The normalized spacial score (nSPS) is 18.2. The molecule has 2 N–H and O–H groups in total. The van der Waals surface area contributed by atoms with Gasteiger partial charge in [0.1, 0.15) is 15.8 Å². The number of nitrogen functional groups attached to an aromatic ring is 1. The van der Waals surface area contributed by atoms with E-state index in [4.69, 9.17) is 16.0 Å². The van der Waals surface area contributed by atoms with Gasteiger partial charge in [-0.25, -0.2) is 4.98 Å². The molecule has 2 heterocycles. The number of anilines is 1. The van der Waals surface area contributed by atoms with Crippen LogP contribution < -0.4 is 5.73 Å². The zero-order valence-corrected chi connectivity index (χ0v) is 13.0. The molecule has 1 aliphatic rings. The Morgan fingerprint density at radius 3 is 2.90 bits per heavy atom. The lowest BCUT2D eigenvalue weighted by Crippen LogP contribution is -2.23. The Balaban J connectivity index is 2.05. The molecule has 3 nitrogen and oxygen atoms in total. The molecule has 2 aromatic rings. The largest absolute Gasteiger partial charge is 0.396 e. The molecule has 1 aliphatic carbocycles. The lowest BCUT2D eigenvalue weighted by Gasteiger charge is -2.30. The van der Waals surface area contributed by atoms with Crippen molar-refractivity contribution >= 4 is 27.2 Å². The zero-order chi connectivity index (χ0) is 14.5. The van der Waals surface area contributed by atoms with E-state index in [0.29, 0.717) is 21.9 Å². The summed E-state index contributed by atoms with van der Waals surface area (Å²) in [4.78, 5) is 6.27. The Hall–Kier alpha value is -1.60. The summed E-state index contributed by atoms with van der Waals surface area (Å²) in [6.07, 6.45) is 3.31. The molecule has 20 heavy (non-hydrogen) atoms. The molecule has 0 aromatic carbocycles. The second-order valence-electron chi connectivity index (χ2n) is 6.35. The van der Waals surface area contributed by atoms with E-state index in [-0.39, 0.29) is 0 Å². The van der Waals surface area contributed by atoms with E-state index in [9.17, 15) is 0 Å². The molecule has 104 valence electrons. The van der Waals surface area contributed by atoms with Crippen LogP contribution in [0.4, 0.5) is 5.69 Å². The van der Waals surface area contributed by atoms with Crippen molar-refractivity contribution in [1.29, 1.82) is 5.26 Å². The van der Waals surface area contributed by atoms with Gasteiger partial charge in [0.25, 0.3) is 0 Å². The smallest absolute Gasteiger partial charge is 0.130 e. The molecule has 4 heteroatoms. The molecule has 0 saturated heterocycles. The zero-order valence-electron chi connectivity index (χ0n) is 12.2. The molecule has 0 saturated carbocycles. The van der Waals surface area contributed by atoms with Gasteiger partial charge in [-0.15, -0.1) is 11.3 Å². The van der Waals surface area contributed by atoms with Gasteiger partial charge < -0.3 is 5.73 Å². The van der Waals surface area contributed by atoms with Crippen LogP contribution >= 0.6 is 11.3 Å². The molecule has 3 rings (SSSR count). The van der Waals surface area contributed by atoms with Crippen LogP contribution in [0, 0.1) is 22.7 Å². The molecule has 0 amide bonds. The van der Waals surface area contributed by atoms with Gasteiger partial charge in [-0.3, -0.25) is 0 Å². The third-order valence-corrected chi connectivity index (χ3v) is 5.93. The standard InChI is InChI=1S/C16H19N3S/c1-4-16(2,3)10-5-9-6-11-14(18)13(8-17)20-15(11)19-12(9)7-10/h6,10H,4-5,7,18H2,1-3H3. The first-order valence-corrected chi connectivity index (χ1v) is 7.88. The molecular weight excluding hydrogens is 266 g/mol. The molecule has 0 spiro atoms. The Morgan fingerprint density at radius 1 is 1.50 bits per heavy atom. The highest BCUT2D eigenvalue weighted by molar-refractivity contribution is 7.19. The number of thiophene rings is 1. The maximum absolute atomic E-state index is 9.06. The van der Waals surface area contributed by atoms with Gasteiger partial charge in [0.2, 0.25) is 0 Å². The summed E-state index contributed by atoms with van der Waals surface area (Å²) < 4.78 is 0. The van der Waals surface area contributed by atoms with E-state index in [0.717, 1.165) is 23.1 Å². The second kappa shape index (κ2) is 4.46. The summed E-state index contributed by atoms with van der Waals surface area (Å²) in [6, 6.07) is 4.32. The van der Waals surface area contributed by atoms with E-state index >= 15 is 0 Å². The number of pyridine rings is 1. The monoisotopic (exact) mass is 285 g/mol. The lowest BCUT2D eigenvalue weighted by atomic mass is 9.75. The first-order chi connectivity index (χ1) is 9.46. The van der Waals surface area contributed by atoms with Crippen LogP contribution in [-0.4, -0.2) is 4.98 Å². The number of fused-ring (bicyclic) bond motifs is 2. The Bertz CT molecular complexity index is 721. The van der Waals surface area contributed by atoms with Gasteiger partial charge in [0.15, 0.2) is 0 Å². The van der Waals surface area contributed by atoms with E-state index in [1.165, 1.54) is 29.0 Å². The van der Waals surface area contributed by atoms with Crippen LogP contribution in [0.3, 0.4) is 0 Å². The van der Waals surface area contributed by atoms with Gasteiger partial charge >= 0.3 is 0 Å². The van der Waals surface area contributed by atoms with Crippen molar-refractivity contribution in [1.82, 2.24) is 4.98 Å². The van der Waals surface area contributed by atoms with Crippen molar-refractivity contribution in [2.75, 3.05) is 5.73 Å². The highest BCUT2D eigenvalue weighted by Gasteiger charge is 2.34. The number of rotatable bonds is 2. The molecule has 2 aromatic heterocycles. The van der Waals surface area contributed by atoms with Crippen molar-refractivity contribution < 1.29 is 0 Å². The minimum atomic E-state index is 0.345.